The van der Waals surface area contributed by atoms with Crippen molar-refractivity contribution in [1.82, 2.24) is 0 Å². The van der Waals surface area contributed by atoms with Crippen molar-refractivity contribution in [2.75, 3.05) is 31.1 Å². The Balaban J connectivity index is 1.43. The summed E-state index contributed by atoms with van der Waals surface area (Å²) in [5, 5.41) is 13.4. The molecule has 1 aliphatic heterocycles. The summed E-state index contributed by atoms with van der Waals surface area (Å²) in [5.41, 5.74) is 2.29. The monoisotopic (exact) mass is 387 g/mol. The number of nitrogens with one attached hydrogen (secondary N) is 1. The van der Waals surface area contributed by atoms with Gasteiger partial charge in [-0.05, 0) is 29.0 Å². The number of hydrogen-bond donors (Lipinski definition) is 2. The van der Waals surface area contributed by atoms with Crippen molar-refractivity contribution in [1.29, 1.82) is 0 Å². The van der Waals surface area contributed by atoms with E-state index >= 15 is 0 Å². The molecule has 1 aliphatic rings. The molecule has 0 spiro atoms. The Hall–Kier alpha value is -3.31. The molecule has 1 saturated heterocycles. The third-order valence-electron chi connectivity index (χ3n) is 5.85. The number of para-hydroxylation sites is 2. The summed E-state index contributed by atoms with van der Waals surface area (Å²) in [5.74, 6) is 0.328. The number of aromatic hydroxyl groups is 1. The maximum Gasteiger partial charge on any atom is 0.336 e. The van der Waals surface area contributed by atoms with Crippen LogP contribution in [0.3, 0.4) is 0 Å². The molecule has 2 heterocycles. The molecule has 29 heavy (non-hydrogen) atoms. The molecular weight excluding hydrogens is 364 g/mol. The van der Waals surface area contributed by atoms with E-state index in [4.69, 9.17) is 4.42 Å². The highest BCUT2D eigenvalue weighted by Crippen LogP contribution is 2.28. The van der Waals surface area contributed by atoms with E-state index in [1.807, 2.05) is 42.5 Å². The van der Waals surface area contributed by atoms with Crippen LogP contribution >= 0.6 is 0 Å². The number of hydrogen-bond acceptors (Lipinski definition) is 4. The maximum atomic E-state index is 12.1. The average molecular weight is 387 g/mol. The van der Waals surface area contributed by atoms with Crippen LogP contribution in [0.25, 0.3) is 21.7 Å². The van der Waals surface area contributed by atoms with Crippen LogP contribution < -0.4 is 15.4 Å². The van der Waals surface area contributed by atoms with E-state index in [2.05, 4.69) is 17.0 Å². The Morgan fingerprint density at radius 1 is 0.966 bits per heavy atom. The van der Waals surface area contributed by atoms with E-state index in [0.717, 1.165) is 60.1 Å². The number of phenols is 1. The minimum absolute atomic E-state index is 0.296. The summed E-state index contributed by atoms with van der Waals surface area (Å²) < 4.78 is 5.49. The summed E-state index contributed by atoms with van der Waals surface area (Å²) in [7, 11) is 0. The van der Waals surface area contributed by atoms with Gasteiger partial charge in [-0.25, -0.2) is 4.79 Å². The molecule has 5 heteroatoms. The van der Waals surface area contributed by atoms with E-state index < -0.39 is 0 Å². The second kappa shape index (κ2) is 7.26. The van der Waals surface area contributed by atoms with Crippen LogP contribution in [0.2, 0.25) is 0 Å². The van der Waals surface area contributed by atoms with Crippen molar-refractivity contribution in [3.05, 3.63) is 82.7 Å². The van der Waals surface area contributed by atoms with Crippen LogP contribution in [0.15, 0.2) is 75.9 Å². The third kappa shape index (κ3) is 3.34. The minimum atomic E-state index is -0.296. The van der Waals surface area contributed by atoms with Crippen LogP contribution in [0.5, 0.6) is 5.75 Å². The lowest BCUT2D eigenvalue weighted by atomic mass is 10.0. The first kappa shape index (κ1) is 17.8. The third-order valence-corrected chi connectivity index (χ3v) is 5.85. The van der Waals surface area contributed by atoms with Crippen LogP contribution in [0.1, 0.15) is 5.56 Å². The van der Waals surface area contributed by atoms with Gasteiger partial charge in [-0.15, -0.1) is 0 Å². The molecule has 0 aliphatic carbocycles. The van der Waals surface area contributed by atoms with Gasteiger partial charge < -0.3 is 19.3 Å². The largest absolute Gasteiger partial charge is 0.506 e. The fraction of sp³-hybridized carbons (Fsp3) is 0.208. The lowest BCUT2D eigenvalue weighted by Crippen LogP contribution is -3.13. The average Bonchev–Trinajstić information content (AvgIpc) is 2.74. The van der Waals surface area contributed by atoms with Gasteiger partial charge in [0.15, 0.2) is 0 Å². The Morgan fingerprint density at radius 2 is 1.72 bits per heavy atom. The van der Waals surface area contributed by atoms with Gasteiger partial charge in [-0.2, -0.15) is 0 Å². The molecule has 0 amide bonds. The Bertz CT molecular complexity index is 1240. The van der Waals surface area contributed by atoms with Crippen molar-refractivity contribution in [2.24, 2.45) is 0 Å². The first-order valence-electron chi connectivity index (χ1n) is 10.00. The summed E-state index contributed by atoms with van der Waals surface area (Å²) >= 11 is 0. The van der Waals surface area contributed by atoms with Gasteiger partial charge in [0.2, 0.25) is 0 Å². The predicted octanol–water partition coefficient (Wildman–Crippen LogP) is 2.56. The zero-order chi connectivity index (χ0) is 19.8. The van der Waals surface area contributed by atoms with E-state index in [0.29, 0.717) is 11.3 Å². The Labute approximate surface area is 168 Å². The van der Waals surface area contributed by atoms with Crippen molar-refractivity contribution in [3.8, 4) is 5.75 Å². The molecule has 0 atom stereocenters. The van der Waals surface area contributed by atoms with Gasteiger partial charge in [-0.3, -0.25) is 0 Å². The van der Waals surface area contributed by atoms with Gasteiger partial charge in [0, 0.05) is 17.0 Å². The van der Waals surface area contributed by atoms with Crippen LogP contribution in [0, 0.1) is 0 Å². The number of phenolic OH excluding ortho intramolecular Hbond substituents is 1. The normalized spacial score (nSPS) is 15.2. The second-order valence-corrected chi connectivity index (χ2v) is 7.65. The number of benzene rings is 3. The first-order valence-corrected chi connectivity index (χ1v) is 10.00. The highest BCUT2D eigenvalue weighted by Gasteiger charge is 2.23. The van der Waals surface area contributed by atoms with Crippen LogP contribution in [-0.4, -0.2) is 31.3 Å². The molecule has 0 unspecified atom stereocenters. The molecule has 0 bridgehead atoms. The number of fused-ring (bicyclic) bond motifs is 3. The molecule has 2 N–H and O–H groups in total. The summed E-state index contributed by atoms with van der Waals surface area (Å²) in [4.78, 5) is 15.8. The zero-order valence-corrected chi connectivity index (χ0v) is 16.1. The zero-order valence-electron chi connectivity index (χ0n) is 16.1. The van der Waals surface area contributed by atoms with Gasteiger partial charge in [-0.1, -0.05) is 42.5 Å². The number of quaternary nitrogens is 1. The molecule has 3 aromatic carbocycles. The standard InChI is InChI=1S/C24H22N2O3/c27-21-8-4-3-7-20(21)26-13-11-25(12-14-26)16-18-15-23(28)29-22-10-9-17-5-1-2-6-19(17)24(18)22/h1-10,15,27H,11-14,16H2/p+1. The van der Waals surface area contributed by atoms with E-state index in [-0.39, 0.29) is 5.63 Å². The van der Waals surface area contributed by atoms with E-state index in [9.17, 15) is 9.90 Å². The second-order valence-electron chi connectivity index (χ2n) is 7.65. The number of nitrogens with zero attached hydrogens (tertiary/aromatic N) is 1. The Kier molecular flexibility index (Phi) is 4.45. The molecule has 4 aromatic rings. The van der Waals surface area contributed by atoms with Crippen LogP contribution in [-0.2, 0) is 6.54 Å². The molecule has 146 valence electrons. The van der Waals surface area contributed by atoms with Gasteiger partial charge in [0.1, 0.15) is 17.9 Å². The van der Waals surface area contributed by atoms with E-state index in [1.54, 1.807) is 12.1 Å². The fourth-order valence-electron chi connectivity index (χ4n) is 4.40. The molecule has 5 rings (SSSR count). The first-order chi connectivity index (χ1) is 14.2. The van der Waals surface area contributed by atoms with Crippen molar-refractivity contribution in [2.45, 2.75) is 6.54 Å². The SMILES string of the molecule is O=c1cc(C[NH+]2CCN(c3ccccc3O)CC2)c2c(ccc3ccccc32)o1. The van der Waals surface area contributed by atoms with Crippen molar-refractivity contribution in [3.63, 3.8) is 0 Å². The minimum Gasteiger partial charge on any atom is -0.506 e. The number of anilines is 1. The summed E-state index contributed by atoms with van der Waals surface area (Å²) in [6.45, 7) is 4.41. The Morgan fingerprint density at radius 3 is 2.55 bits per heavy atom. The highest BCUT2D eigenvalue weighted by molar-refractivity contribution is 6.06. The van der Waals surface area contributed by atoms with Crippen LogP contribution in [0.4, 0.5) is 5.69 Å². The van der Waals surface area contributed by atoms with Crippen molar-refractivity contribution >= 4 is 27.4 Å². The lowest BCUT2D eigenvalue weighted by molar-refractivity contribution is -0.914. The van der Waals surface area contributed by atoms with Gasteiger partial charge in [0.25, 0.3) is 0 Å². The van der Waals surface area contributed by atoms with Crippen molar-refractivity contribution < 1.29 is 14.4 Å². The smallest absolute Gasteiger partial charge is 0.336 e. The number of rotatable bonds is 3. The predicted molar refractivity (Wildman–Crippen MR) is 115 cm³/mol. The van der Waals surface area contributed by atoms with E-state index in [1.165, 1.54) is 4.90 Å². The molecule has 0 saturated carbocycles. The quantitative estimate of drug-likeness (QED) is 0.419. The molecule has 1 fully saturated rings. The topological polar surface area (TPSA) is 58.1 Å². The summed E-state index contributed by atoms with van der Waals surface area (Å²) in [6, 6.07) is 21.3. The number of piperazine rings is 1. The van der Waals surface area contributed by atoms with Gasteiger partial charge in [0.05, 0.1) is 31.9 Å². The highest BCUT2D eigenvalue weighted by atomic mass is 16.4. The maximum absolute atomic E-state index is 12.1. The molecular formula is C24H23N2O3+. The molecule has 1 aromatic heterocycles. The molecule has 0 radical (unpaired) electrons. The van der Waals surface area contributed by atoms with Gasteiger partial charge >= 0.3 is 5.63 Å². The summed E-state index contributed by atoms with van der Waals surface area (Å²) in [6.07, 6.45) is 0. The fourth-order valence-corrected chi connectivity index (χ4v) is 4.40. The lowest BCUT2D eigenvalue weighted by Gasteiger charge is -2.34. The molecule has 5 nitrogen and oxygen atoms in total.